The third-order valence-corrected chi connectivity index (χ3v) is 8.57. The van der Waals surface area contributed by atoms with Crippen molar-refractivity contribution in [2.45, 2.75) is 13.1 Å². The van der Waals surface area contributed by atoms with Gasteiger partial charge in [-0.1, -0.05) is 48.0 Å². The Labute approximate surface area is 283 Å². The zero-order valence-electron chi connectivity index (χ0n) is 27.5. The van der Waals surface area contributed by atoms with Gasteiger partial charge in [-0.05, 0) is 11.1 Å². The Morgan fingerprint density at radius 2 is 0.745 bits per heavy atom. The molecule has 0 unspecified atom stereocenters. The molecule has 0 radical (unpaired) electrons. The Kier molecular flexibility index (Phi) is 16.3. The van der Waals surface area contributed by atoms with E-state index in [0.717, 1.165) is 64.1 Å². The standard InChI is InChI=1S/C35H50ClN3O8/c36-33-31-5-1-3-29(27-38-7-11-40-15-19-44-23-24-45-20-16-41-12-8-38)34(31)37-35-30(4-2-6-32(33)35)28-39-9-13-42-17-21-46-25-26-47-22-18-43-14-10-39/h1-6H,7-28H2. The molecule has 0 atom stereocenters. The number of fused-ring (bicyclic) bond motifs is 2. The highest BCUT2D eigenvalue weighted by molar-refractivity contribution is 6.40. The lowest BCUT2D eigenvalue weighted by molar-refractivity contribution is 0.00206. The highest BCUT2D eigenvalue weighted by Gasteiger charge is 2.17. The average molecular weight is 676 g/mol. The van der Waals surface area contributed by atoms with E-state index in [9.17, 15) is 0 Å². The van der Waals surface area contributed by atoms with E-state index >= 15 is 0 Å². The van der Waals surface area contributed by atoms with Crippen molar-refractivity contribution in [3.63, 3.8) is 0 Å². The van der Waals surface area contributed by atoms with E-state index in [1.807, 2.05) is 0 Å². The minimum atomic E-state index is 0.558. The summed E-state index contributed by atoms with van der Waals surface area (Å²) in [5.74, 6) is 0. The zero-order valence-corrected chi connectivity index (χ0v) is 28.3. The highest BCUT2D eigenvalue weighted by atomic mass is 35.5. The van der Waals surface area contributed by atoms with Crippen LogP contribution in [-0.2, 0) is 51.0 Å². The fourth-order valence-corrected chi connectivity index (χ4v) is 5.94. The second kappa shape index (κ2) is 21.2. The molecule has 0 bridgehead atoms. The highest BCUT2D eigenvalue weighted by Crippen LogP contribution is 2.34. The summed E-state index contributed by atoms with van der Waals surface area (Å²) in [4.78, 5) is 10.0. The minimum absolute atomic E-state index is 0.558. The number of pyridine rings is 1. The summed E-state index contributed by atoms with van der Waals surface area (Å²) in [6, 6.07) is 12.5. The Balaban J connectivity index is 1.34. The molecule has 2 saturated heterocycles. The van der Waals surface area contributed by atoms with E-state index in [1.165, 1.54) is 0 Å². The van der Waals surface area contributed by atoms with Gasteiger partial charge in [-0.2, -0.15) is 0 Å². The minimum Gasteiger partial charge on any atom is -0.378 e. The first kappa shape index (κ1) is 36.3. The number of hydrogen-bond acceptors (Lipinski definition) is 11. The van der Waals surface area contributed by atoms with Crippen molar-refractivity contribution in [2.75, 3.05) is 132 Å². The quantitative estimate of drug-likeness (QED) is 0.378. The van der Waals surface area contributed by atoms with Crippen LogP contribution in [0, 0.1) is 0 Å². The molecule has 2 aliphatic heterocycles. The summed E-state index contributed by atoms with van der Waals surface area (Å²) in [7, 11) is 0. The molecule has 11 nitrogen and oxygen atoms in total. The molecule has 0 N–H and O–H groups in total. The second-order valence-corrected chi connectivity index (χ2v) is 11.9. The summed E-state index contributed by atoms with van der Waals surface area (Å²) in [6.45, 7) is 13.6. The Bertz CT molecular complexity index is 1210. The average Bonchev–Trinajstić information content (AvgIpc) is 3.10. The molecule has 0 amide bonds. The molecule has 260 valence electrons. The number of rotatable bonds is 4. The van der Waals surface area contributed by atoms with Crippen LogP contribution in [0.3, 0.4) is 0 Å². The molecule has 2 aromatic carbocycles. The third kappa shape index (κ3) is 12.1. The summed E-state index contributed by atoms with van der Waals surface area (Å²) in [6.07, 6.45) is 0. The zero-order chi connectivity index (χ0) is 32.4. The van der Waals surface area contributed by atoms with E-state index in [-0.39, 0.29) is 0 Å². The molecule has 3 aromatic rings. The van der Waals surface area contributed by atoms with Gasteiger partial charge in [-0.25, -0.2) is 4.98 Å². The van der Waals surface area contributed by atoms with E-state index < -0.39 is 0 Å². The van der Waals surface area contributed by atoms with Gasteiger partial charge in [0.15, 0.2) is 0 Å². The van der Waals surface area contributed by atoms with Crippen molar-refractivity contribution in [1.29, 1.82) is 0 Å². The molecule has 0 spiro atoms. The van der Waals surface area contributed by atoms with E-state index in [2.05, 4.69) is 46.2 Å². The van der Waals surface area contributed by atoms with Gasteiger partial charge in [-0.3, -0.25) is 9.80 Å². The molecule has 5 rings (SSSR count). The van der Waals surface area contributed by atoms with Crippen LogP contribution in [0.1, 0.15) is 11.1 Å². The van der Waals surface area contributed by atoms with Crippen molar-refractivity contribution in [2.24, 2.45) is 0 Å². The fraction of sp³-hybridized carbons (Fsp3) is 0.629. The smallest absolute Gasteiger partial charge is 0.0769 e. The SMILES string of the molecule is Clc1c2cccc(CN3CCOCCOCCOCCOCC3)c2nc2c(CN3CCOCCOCCOCCOCC3)cccc12. The molecule has 0 saturated carbocycles. The largest absolute Gasteiger partial charge is 0.378 e. The van der Waals surface area contributed by atoms with Gasteiger partial charge >= 0.3 is 0 Å². The van der Waals surface area contributed by atoms with Gasteiger partial charge in [0.25, 0.3) is 0 Å². The fourth-order valence-electron chi connectivity index (χ4n) is 5.63. The normalized spacial score (nSPS) is 21.0. The van der Waals surface area contributed by atoms with Crippen molar-refractivity contribution >= 4 is 33.4 Å². The van der Waals surface area contributed by atoms with Gasteiger partial charge in [-0.15, -0.1) is 0 Å². The molecular formula is C35H50ClN3O8. The number of hydrogen-bond donors (Lipinski definition) is 0. The topological polar surface area (TPSA) is 93.2 Å². The van der Waals surface area contributed by atoms with Gasteiger partial charge in [0.1, 0.15) is 0 Å². The summed E-state index contributed by atoms with van der Waals surface area (Å²) in [5, 5.41) is 2.63. The van der Waals surface area contributed by atoms with Crippen LogP contribution in [0.5, 0.6) is 0 Å². The molecule has 3 heterocycles. The first-order valence-corrected chi connectivity index (χ1v) is 17.2. The maximum atomic E-state index is 7.14. The van der Waals surface area contributed by atoms with E-state index in [0.29, 0.717) is 119 Å². The van der Waals surface area contributed by atoms with Crippen molar-refractivity contribution in [1.82, 2.24) is 14.8 Å². The van der Waals surface area contributed by atoms with E-state index in [4.69, 9.17) is 54.5 Å². The monoisotopic (exact) mass is 675 g/mol. The third-order valence-electron chi connectivity index (χ3n) is 8.16. The second-order valence-electron chi connectivity index (χ2n) is 11.5. The molecule has 1 aromatic heterocycles. The number of aromatic nitrogens is 1. The lowest BCUT2D eigenvalue weighted by Crippen LogP contribution is -2.31. The van der Waals surface area contributed by atoms with Crippen LogP contribution in [0.4, 0.5) is 0 Å². The first-order chi connectivity index (χ1) is 23.3. The van der Waals surface area contributed by atoms with Crippen molar-refractivity contribution in [3.05, 3.63) is 52.5 Å². The lowest BCUT2D eigenvalue weighted by Gasteiger charge is -2.24. The van der Waals surface area contributed by atoms with Crippen LogP contribution in [-0.4, -0.2) is 147 Å². The summed E-state index contributed by atoms with van der Waals surface area (Å²) in [5.41, 5.74) is 4.07. The number of para-hydroxylation sites is 2. The van der Waals surface area contributed by atoms with Gasteiger partial charge in [0, 0.05) is 50.0 Å². The molecule has 2 fully saturated rings. The maximum Gasteiger partial charge on any atom is 0.0769 e. The van der Waals surface area contributed by atoms with Crippen LogP contribution in [0.25, 0.3) is 21.8 Å². The van der Waals surface area contributed by atoms with Gasteiger partial charge in [0.2, 0.25) is 0 Å². The van der Waals surface area contributed by atoms with Crippen molar-refractivity contribution < 1.29 is 37.9 Å². The van der Waals surface area contributed by atoms with Crippen LogP contribution < -0.4 is 0 Å². The molecule has 0 aliphatic carbocycles. The van der Waals surface area contributed by atoms with Gasteiger partial charge < -0.3 is 37.9 Å². The number of nitrogens with zero attached hydrogens (tertiary/aromatic N) is 3. The Morgan fingerprint density at radius 3 is 1.06 bits per heavy atom. The molecule has 12 heteroatoms. The van der Waals surface area contributed by atoms with Crippen LogP contribution in [0.2, 0.25) is 5.02 Å². The maximum absolute atomic E-state index is 7.14. The molecule has 2 aliphatic rings. The van der Waals surface area contributed by atoms with Crippen LogP contribution >= 0.6 is 11.6 Å². The molecular weight excluding hydrogens is 626 g/mol. The number of benzene rings is 2. The van der Waals surface area contributed by atoms with E-state index in [1.54, 1.807) is 0 Å². The predicted molar refractivity (Wildman–Crippen MR) is 181 cm³/mol. The Hall–Kier alpha value is -2.00. The lowest BCUT2D eigenvalue weighted by atomic mass is 10.0. The number of ether oxygens (including phenoxy) is 8. The Morgan fingerprint density at radius 1 is 0.447 bits per heavy atom. The number of halogens is 1. The summed E-state index contributed by atoms with van der Waals surface area (Å²) < 4.78 is 45.8. The van der Waals surface area contributed by atoms with Crippen molar-refractivity contribution in [3.8, 4) is 0 Å². The molecule has 47 heavy (non-hydrogen) atoms. The summed E-state index contributed by atoms with van der Waals surface area (Å²) >= 11 is 7.14. The predicted octanol–water partition coefficient (Wildman–Crippen LogP) is 3.81. The van der Waals surface area contributed by atoms with Gasteiger partial charge in [0.05, 0.1) is 122 Å². The van der Waals surface area contributed by atoms with Crippen LogP contribution in [0.15, 0.2) is 36.4 Å². The first-order valence-electron chi connectivity index (χ1n) is 16.8.